The standard InChI is InChI=1S/C12H15ClO2S/c13-16(14,15)12-8-4-3-7-11(12)9-10-5-1-2-6-10/h3-4,7-8,10H,1-2,5-6,9H2. The Morgan fingerprint density at radius 3 is 2.44 bits per heavy atom. The molecule has 0 spiro atoms. The second kappa shape index (κ2) is 4.76. The first-order valence-corrected chi connectivity index (χ1v) is 7.91. The van der Waals surface area contributed by atoms with Crippen molar-refractivity contribution in [2.45, 2.75) is 37.0 Å². The quantitative estimate of drug-likeness (QED) is 0.780. The Hall–Kier alpha value is -0.540. The van der Waals surface area contributed by atoms with Gasteiger partial charge < -0.3 is 0 Å². The van der Waals surface area contributed by atoms with Crippen molar-refractivity contribution in [3.63, 3.8) is 0 Å². The van der Waals surface area contributed by atoms with Crippen LogP contribution in [0.15, 0.2) is 29.2 Å². The van der Waals surface area contributed by atoms with Crippen molar-refractivity contribution < 1.29 is 8.42 Å². The molecule has 1 aliphatic rings. The van der Waals surface area contributed by atoms with Crippen molar-refractivity contribution >= 4 is 19.7 Å². The molecular formula is C12H15ClO2S. The molecular weight excluding hydrogens is 244 g/mol. The molecule has 1 aliphatic carbocycles. The van der Waals surface area contributed by atoms with E-state index < -0.39 is 9.05 Å². The zero-order valence-electron chi connectivity index (χ0n) is 9.02. The van der Waals surface area contributed by atoms with E-state index in [4.69, 9.17) is 10.7 Å². The Balaban J connectivity index is 2.26. The maximum absolute atomic E-state index is 11.4. The highest BCUT2D eigenvalue weighted by atomic mass is 35.7. The van der Waals surface area contributed by atoms with E-state index in [1.54, 1.807) is 12.1 Å². The van der Waals surface area contributed by atoms with Crippen LogP contribution in [0, 0.1) is 5.92 Å². The van der Waals surface area contributed by atoms with E-state index in [0.717, 1.165) is 12.0 Å². The maximum Gasteiger partial charge on any atom is 0.261 e. The Labute approximate surface area is 101 Å². The van der Waals surface area contributed by atoms with Gasteiger partial charge in [0.2, 0.25) is 0 Å². The number of halogens is 1. The average Bonchev–Trinajstić information content (AvgIpc) is 2.70. The first kappa shape index (κ1) is 11.9. The van der Waals surface area contributed by atoms with Crippen molar-refractivity contribution in [2.75, 3.05) is 0 Å². The summed E-state index contributed by atoms with van der Waals surface area (Å²) in [6.07, 6.45) is 5.77. The molecule has 16 heavy (non-hydrogen) atoms. The second-order valence-corrected chi connectivity index (χ2v) is 6.93. The molecule has 0 aliphatic heterocycles. The van der Waals surface area contributed by atoms with Crippen molar-refractivity contribution in [1.82, 2.24) is 0 Å². The number of hydrogen-bond acceptors (Lipinski definition) is 2. The zero-order chi connectivity index (χ0) is 11.6. The van der Waals surface area contributed by atoms with E-state index in [2.05, 4.69) is 0 Å². The Kier molecular flexibility index (Phi) is 3.55. The largest absolute Gasteiger partial charge is 0.261 e. The Morgan fingerprint density at radius 2 is 1.81 bits per heavy atom. The molecule has 0 radical (unpaired) electrons. The molecule has 88 valence electrons. The van der Waals surface area contributed by atoms with Crippen LogP contribution in [-0.4, -0.2) is 8.42 Å². The summed E-state index contributed by atoms with van der Waals surface area (Å²) in [5, 5.41) is 0. The van der Waals surface area contributed by atoms with Crippen molar-refractivity contribution in [3.05, 3.63) is 29.8 Å². The molecule has 1 fully saturated rings. The summed E-state index contributed by atoms with van der Waals surface area (Å²) in [7, 11) is 1.82. The van der Waals surface area contributed by atoms with Gasteiger partial charge in [-0.15, -0.1) is 0 Å². The van der Waals surface area contributed by atoms with Crippen LogP contribution in [0.2, 0.25) is 0 Å². The van der Waals surface area contributed by atoms with E-state index in [-0.39, 0.29) is 4.90 Å². The molecule has 2 rings (SSSR count). The Morgan fingerprint density at radius 1 is 1.19 bits per heavy atom. The lowest BCUT2D eigenvalue weighted by Gasteiger charge is -2.11. The smallest absolute Gasteiger partial charge is 0.207 e. The van der Waals surface area contributed by atoms with E-state index in [1.807, 2.05) is 12.1 Å². The molecule has 1 aromatic carbocycles. The minimum Gasteiger partial charge on any atom is -0.207 e. The first-order valence-electron chi connectivity index (χ1n) is 5.60. The molecule has 0 atom stereocenters. The van der Waals surface area contributed by atoms with Crippen LogP contribution in [0.5, 0.6) is 0 Å². The third-order valence-electron chi connectivity index (χ3n) is 3.22. The van der Waals surface area contributed by atoms with Crippen LogP contribution in [0.25, 0.3) is 0 Å². The van der Waals surface area contributed by atoms with Crippen LogP contribution in [0.4, 0.5) is 0 Å². The fourth-order valence-electron chi connectivity index (χ4n) is 2.44. The van der Waals surface area contributed by atoms with Gasteiger partial charge in [-0.05, 0) is 24.0 Å². The van der Waals surface area contributed by atoms with Crippen LogP contribution >= 0.6 is 10.7 Å². The molecule has 0 saturated heterocycles. The normalized spacial score (nSPS) is 17.8. The van der Waals surface area contributed by atoms with Crippen LogP contribution in [0.1, 0.15) is 31.2 Å². The molecule has 0 bridgehead atoms. The summed E-state index contributed by atoms with van der Waals surface area (Å²) in [6.45, 7) is 0. The molecule has 4 heteroatoms. The summed E-state index contributed by atoms with van der Waals surface area (Å²) in [4.78, 5) is 0.281. The predicted octanol–water partition coefficient (Wildman–Crippen LogP) is 3.35. The summed E-state index contributed by atoms with van der Waals surface area (Å²) < 4.78 is 22.8. The molecule has 1 aromatic rings. The lowest BCUT2D eigenvalue weighted by Crippen LogP contribution is -2.04. The number of hydrogen-bond donors (Lipinski definition) is 0. The fraction of sp³-hybridized carbons (Fsp3) is 0.500. The monoisotopic (exact) mass is 258 g/mol. The van der Waals surface area contributed by atoms with Crippen molar-refractivity contribution in [3.8, 4) is 0 Å². The van der Waals surface area contributed by atoms with Crippen LogP contribution in [-0.2, 0) is 15.5 Å². The van der Waals surface area contributed by atoms with E-state index in [0.29, 0.717) is 5.92 Å². The van der Waals surface area contributed by atoms with Gasteiger partial charge in [-0.1, -0.05) is 43.9 Å². The number of benzene rings is 1. The average molecular weight is 259 g/mol. The molecule has 0 heterocycles. The van der Waals surface area contributed by atoms with Gasteiger partial charge in [0.25, 0.3) is 9.05 Å². The highest BCUT2D eigenvalue weighted by molar-refractivity contribution is 8.13. The molecule has 2 nitrogen and oxygen atoms in total. The molecule has 0 amide bonds. The molecule has 0 N–H and O–H groups in total. The molecule has 0 unspecified atom stereocenters. The lowest BCUT2D eigenvalue weighted by atomic mass is 9.98. The topological polar surface area (TPSA) is 34.1 Å². The van der Waals surface area contributed by atoms with Gasteiger partial charge in [0.1, 0.15) is 0 Å². The SMILES string of the molecule is O=S(=O)(Cl)c1ccccc1CC1CCCC1. The minimum absolute atomic E-state index is 0.281. The van der Waals surface area contributed by atoms with E-state index in [1.165, 1.54) is 25.7 Å². The predicted molar refractivity (Wildman–Crippen MR) is 65.1 cm³/mol. The van der Waals surface area contributed by atoms with Crippen molar-refractivity contribution in [1.29, 1.82) is 0 Å². The minimum atomic E-state index is -3.60. The summed E-state index contributed by atoms with van der Waals surface area (Å²) in [5.41, 5.74) is 0.865. The number of rotatable bonds is 3. The molecule has 0 aromatic heterocycles. The third-order valence-corrected chi connectivity index (χ3v) is 4.64. The van der Waals surface area contributed by atoms with E-state index >= 15 is 0 Å². The van der Waals surface area contributed by atoms with Gasteiger partial charge in [0.15, 0.2) is 0 Å². The maximum atomic E-state index is 11.4. The summed E-state index contributed by atoms with van der Waals surface area (Å²) >= 11 is 0. The Bertz CT molecular complexity index is 462. The van der Waals surface area contributed by atoms with Gasteiger partial charge in [0, 0.05) is 10.7 Å². The van der Waals surface area contributed by atoms with Gasteiger partial charge in [-0.25, -0.2) is 8.42 Å². The zero-order valence-corrected chi connectivity index (χ0v) is 10.6. The van der Waals surface area contributed by atoms with Crippen LogP contribution in [0.3, 0.4) is 0 Å². The van der Waals surface area contributed by atoms with Crippen molar-refractivity contribution in [2.24, 2.45) is 5.92 Å². The third kappa shape index (κ3) is 2.77. The fourth-order valence-corrected chi connectivity index (χ4v) is 3.59. The second-order valence-electron chi connectivity index (χ2n) is 4.40. The highest BCUT2D eigenvalue weighted by Crippen LogP contribution is 2.30. The first-order chi connectivity index (χ1) is 7.57. The summed E-state index contributed by atoms with van der Waals surface area (Å²) in [5.74, 6) is 0.625. The van der Waals surface area contributed by atoms with Gasteiger partial charge in [-0.2, -0.15) is 0 Å². The van der Waals surface area contributed by atoms with Crippen LogP contribution < -0.4 is 0 Å². The lowest BCUT2D eigenvalue weighted by molar-refractivity contribution is 0.540. The summed E-state index contributed by atoms with van der Waals surface area (Å²) in [6, 6.07) is 7.05. The van der Waals surface area contributed by atoms with Gasteiger partial charge in [0.05, 0.1) is 4.90 Å². The van der Waals surface area contributed by atoms with Gasteiger partial charge in [-0.3, -0.25) is 0 Å². The highest BCUT2D eigenvalue weighted by Gasteiger charge is 2.20. The molecule has 1 saturated carbocycles. The van der Waals surface area contributed by atoms with Gasteiger partial charge >= 0.3 is 0 Å². The van der Waals surface area contributed by atoms with E-state index in [9.17, 15) is 8.42 Å².